The lowest BCUT2D eigenvalue weighted by molar-refractivity contribution is -0.124. The molecule has 2 aliphatic rings. The van der Waals surface area contributed by atoms with Crippen LogP contribution in [0.15, 0.2) is 59.6 Å². The Morgan fingerprint density at radius 1 is 1.39 bits per heavy atom. The standard InChI is InChI=1S/C20H19F2N3O3/c1-13-16(28-12-26)11-25(2,24-13)15-8-6-7-14(18(23)27)17(15)20(19(21)22)9-4-3-5-10-20/h3-9,11-12,19H,10H2,1-2H3,(H-,23,27)/p+1. The molecule has 1 aromatic carbocycles. The van der Waals surface area contributed by atoms with E-state index in [2.05, 4.69) is 5.10 Å². The van der Waals surface area contributed by atoms with Crippen molar-refractivity contribution < 1.29 is 23.1 Å². The second-order valence-corrected chi connectivity index (χ2v) is 6.82. The third-order valence-corrected chi connectivity index (χ3v) is 5.00. The van der Waals surface area contributed by atoms with Gasteiger partial charge in [0.1, 0.15) is 12.8 Å². The number of rotatable bonds is 6. The van der Waals surface area contributed by atoms with Gasteiger partial charge in [-0.1, -0.05) is 35.5 Å². The molecule has 3 rings (SSSR count). The number of quaternary nitrogens is 1. The number of primary amides is 1. The number of carbonyl (C=O) groups excluding carboxylic acids is 2. The lowest BCUT2D eigenvalue weighted by Crippen LogP contribution is -2.41. The van der Waals surface area contributed by atoms with Gasteiger partial charge in [0.15, 0.2) is 11.9 Å². The molecule has 1 aromatic rings. The van der Waals surface area contributed by atoms with Gasteiger partial charge in [-0.25, -0.2) is 8.78 Å². The maximum atomic E-state index is 14.4. The molecular formula is C20H20F2N3O3+. The van der Waals surface area contributed by atoms with Gasteiger partial charge in [0, 0.05) is 17.2 Å². The van der Waals surface area contributed by atoms with Gasteiger partial charge < -0.3 is 10.5 Å². The molecule has 146 valence electrons. The molecule has 28 heavy (non-hydrogen) atoms. The normalized spacial score (nSPS) is 26.2. The Labute approximate surface area is 160 Å². The summed E-state index contributed by atoms with van der Waals surface area (Å²) >= 11 is 0. The van der Waals surface area contributed by atoms with Crippen molar-refractivity contribution in [3.63, 3.8) is 0 Å². The van der Waals surface area contributed by atoms with E-state index in [0.29, 0.717) is 11.4 Å². The summed E-state index contributed by atoms with van der Waals surface area (Å²) in [4.78, 5) is 22.9. The van der Waals surface area contributed by atoms with Crippen LogP contribution in [0, 0.1) is 0 Å². The number of halogens is 2. The molecule has 0 saturated carbocycles. The minimum absolute atomic E-state index is 0.00255. The summed E-state index contributed by atoms with van der Waals surface area (Å²) in [6.45, 7) is 1.92. The largest absolute Gasteiger partial charge is 0.421 e. The summed E-state index contributed by atoms with van der Waals surface area (Å²) in [5, 5.41) is 4.48. The zero-order chi connectivity index (χ0) is 20.5. The predicted octanol–water partition coefficient (Wildman–Crippen LogP) is 3.15. The van der Waals surface area contributed by atoms with Crippen LogP contribution in [0.3, 0.4) is 0 Å². The first-order valence-electron chi connectivity index (χ1n) is 8.58. The molecule has 0 aromatic heterocycles. The van der Waals surface area contributed by atoms with Crippen LogP contribution < -0.4 is 10.3 Å². The van der Waals surface area contributed by atoms with Crippen LogP contribution in [0.25, 0.3) is 0 Å². The van der Waals surface area contributed by atoms with Crippen molar-refractivity contribution in [2.45, 2.75) is 25.2 Å². The van der Waals surface area contributed by atoms with Gasteiger partial charge >= 0.3 is 0 Å². The van der Waals surface area contributed by atoms with Crippen molar-refractivity contribution in [3.8, 4) is 0 Å². The molecule has 0 bridgehead atoms. The van der Waals surface area contributed by atoms with Crippen LogP contribution >= 0.6 is 0 Å². The number of allylic oxidation sites excluding steroid dienone is 5. The van der Waals surface area contributed by atoms with E-state index in [-0.39, 0.29) is 34.4 Å². The highest BCUT2D eigenvalue weighted by Crippen LogP contribution is 2.47. The van der Waals surface area contributed by atoms with Gasteiger partial charge in [0.05, 0.1) is 5.41 Å². The fourth-order valence-corrected chi connectivity index (χ4v) is 3.71. The van der Waals surface area contributed by atoms with Crippen molar-refractivity contribution in [1.82, 2.24) is 4.59 Å². The SMILES string of the molecule is CC1=N[N+](C)(c2cccc(C(N)=O)c2C2(C(F)F)C=CC=CC2)C=C1OC=O. The molecule has 8 heteroatoms. The molecule has 1 heterocycles. The molecule has 0 saturated heterocycles. The number of alkyl halides is 2. The topological polar surface area (TPSA) is 81.8 Å². The van der Waals surface area contributed by atoms with E-state index in [1.807, 2.05) is 0 Å². The number of hydrogen-bond donors (Lipinski definition) is 1. The molecule has 2 atom stereocenters. The van der Waals surface area contributed by atoms with Crippen molar-refractivity contribution in [1.29, 1.82) is 0 Å². The first-order chi connectivity index (χ1) is 13.2. The van der Waals surface area contributed by atoms with Crippen molar-refractivity contribution >= 4 is 23.8 Å². The number of nitrogens with zero attached hydrogens (tertiary/aromatic N) is 2. The quantitative estimate of drug-likeness (QED) is 0.600. The van der Waals surface area contributed by atoms with Crippen LogP contribution in [0.1, 0.15) is 29.3 Å². The van der Waals surface area contributed by atoms with E-state index in [0.717, 1.165) is 0 Å². The van der Waals surface area contributed by atoms with Crippen molar-refractivity contribution in [2.75, 3.05) is 7.05 Å². The van der Waals surface area contributed by atoms with Crippen LogP contribution in [0.2, 0.25) is 0 Å². The Morgan fingerprint density at radius 2 is 2.14 bits per heavy atom. The average Bonchev–Trinajstić information content (AvgIpc) is 2.96. The van der Waals surface area contributed by atoms with E-state index < -0.39 is 17.7 Å². The van der Waals surface area contributed by atoms with Gasteiger partial charge in [-0.3, -0.25) is 9.59 Å². The zero-order valence-corrected chi connectivity index (χ0v) is 15.4. The number of ether oxygens (including phenoxy) is 1. The highest BCUT2D eigenvalue weighted by Gasteiger charge is 2.48. The van der Waals surface area contributed by atoms with Gasteiger partial charge in [-0.2, -0.15) is 0 Å². The van der Waals surface area contributed by atoms with E-state index >= 15 is 0 Å². The first-order valence-corrected chi connectivity index (χ1v) is 8.58. The number of benzene rings is 1. The fraction of sp³-hybridized carbons (Fsp3) is 0.250. The Balaban J connectivity index is 2.32. The molecular weight excluding hydrogens is 368 g/mol. The van der Waals surface area contributed by atoms with Crippen molar-refractivity contribution in [3.05, 3.63) is 65.6 Å². The third-order valence-electron chi connectivity index (χ3n) is 5.00. The Bertz CT molecular complexity index is 952. The Morgan fingerprint density at radius 3 is 2.71 bits per heavy atom. The van der Waals surface area contributed by atoms with Crippen molar-refractivity contribution in [2.24, 2.45) is 10.8 Å². The van der Waals surface area contributed by atoms with Gasteiger partial charge in [0.2, 0.25) is 11.7 Å². The van der Waals surface area contributed by atoms with E-state index in [1.54, 1.807) is 38.3 Å². The number of nitrogens with two attached hydrogens (primary N) is 1. The van der Waals surface area contributed by atoms with E-state index in [4.69, 9.17) is 10.5 Å². The minimum Gasteiger partial charge on any atom is -0.421 e. The summed E-state index contributed by atoms with van der Waals surface area (Å²) in [5.41, 5.74) is 4.69. The second kappa shape index (κ2) is 7.12. The van der Waals surface area contributed by atoms with Gasteiger partial charge in [-0.15, -0.1) is 4.59 Å². The van der Waals surface area contributed by atoms with Gasteiger partial charge in [-0.05, 0) is 19.4 Å². The van der Waals surface area contributed by atoms with Crippen LogP contribution in [-0.2, 0) is 14.9 Å². The monoisotopic (exact) mass is 388 g/mol. The highest BCUT2D eigenvalue weighted by atomic mass is 19.3. The first kappa shape index (κ1) is 19.6. The summed E-state index contributed by atoms with van der Waals surface area (Å²) in [5.74, 6) is -0.585. The smallest absolute Gasteiger partial charge is 0.298 e. The van der Waals surface area contributed by atoms with Crippen LogP contribution in [-0.4, -0.2) is 31.6 Å². The summed E-state index contributed by atoms with van der Waals surface area (Å²) in [6, 6.07) is 4.62. The molecule has 1 amide bonds. The second-order valence-electron chi connectivity index (χ2n) is 6.82. The maximum absolute atomic E-state index is 14.4. The highest BCUT2D eigenvalue weighted by molar-refractivity contribution is 6.00. The average molecular weight is 388 g/mol. The molecule has 1 aliphatic heterocycles. The third kappa shape index (κ3) is 3.05. The van der Waals surface area contributed by atoms with E-state index in [9.17, 15) is 18.4 Å². The minimum atomic E-state index is -2.79. The van der Waals surface area contributed by atoms with Gasteiger partial charge in [0.25, 0.3) is 12.9 Å². The number of carbonyl (C=O) groups is 2. The predicted molar refractivity (Wildman–Crippen MR) is 102 cm³/mol. The summed E-state index contributed by atoms with van der Waals surface area (Å²) in [7, 11) is 1.65. The van der Waals surface area contributed by atoms with E-state index in [1.165, 1.54) is 24.4 Å². The molecule has 0 radical (unpaired) electrons. The van der Waals surface area contributed by atoms with Crippen LogP contribution in [0.5, 0.6) is 0 Å². The Hall–Kier alpha value is -3.13. The lowest BCUT2D eigenvalue weighted by atomic mass is 9.72. The number of hydrogen-bond acceptors (Lipinski definition) is 4. The lowest BCUT2D eigenvalue weighted by Gasteiger charge is -2.35. The molecule has 1 aliphatic carbocycles. The summed E-state index contributed by atoms with van der Waals surface area (Å²) in [6.07, 6.45) is 4.97. The number of amides is 1. The van der Waals surface area contributed by atoms with Crippen LogP contribution in [0.4, 0.5) is 14.5 Å². The Kier molecular flexibility index (Phi) is 4.99. The molecule has 2 unspecified atom stereocenters. The molecule has 6 nitrogen and oxygen atoms in total. The summed E-state index contributed by atoms with van der Waals surface area (Å²) < 4.78 is 33.5. The fourth-order valence-electron chi connectivity index (χ4n) is 3.71. The molecule has 2 N–H and O–H groups in total. The maximum Gasteiger partial charge on any atom is 0.298 e. The molecule has 0 fully saturated rings. The zero-order valence-electron chi connectivity index (χ0n) is 15.4. The molecule has 0 spiro atoms.